The fourth-order valence-corrected chi connectivity index (χ4v) is 5.45. The number of rotatable bonds is 3. The molecule has 0 bridgehead atoms. The molecule has 0 amide bonds. The third-order valence-corrected chi connectivity index (χ3v) is 7.37. The van der Waals surface area contributed by atoms with Crippen LogP contribution in [0.2, 0.25) is 0 Å². The molecule has 2 N–H and O–H groups in total. The molecule has 0 aromatic heterocycles. The summed E-state index contributed by atoms with van der Waals surface area (Å²) < 4.78 is 49.8. The normalized spacial score (nSPS) is 25.5. The predicted octanol–water partition coefficient (Wildman–Crippen LogP) is -0.530. The third-order valence-electron chi connectivity index (χ3n) is 3.89. The summed E-state index contributed by atoms with van der Waals surface area (Å²) in [4.78, 5) is 0. The Kier molecular flexibility index (Phi) is 4.51. The van der Waals surface area contributed by atoms with Crippen LogP contribution in [0.5, 0.6) is 0 Å². The number of hydrogen-bond donors (Lipinski definition) is 1. The molecule has 9 heteroatoms. The molecule has 0 aromatic carbocycles. The maximum atomic E-state index is 12.4. The van der Waals surface area contributed by atoms with Crippen LogP contribution in [0.1, 0.15) is 32.1 Å². The highest BCUT2D eigenvalue weighted by atomic mass is 32.2. The summed E-state index contributed by atoms with van der Waals surface area (Å²) in [5.74, 6) is 0. The Labute approximate surface area is 115 Å². The Morgan fingerprint density at radius 1 is 0.789 bits per heavy atom. The van der Waals surface area contributed by atoms with E-state index in [1.807, 2.05) is 0 Å². The minimum atomic E-state index is -3.71. The van der Waals surface area contributed by atoms with E-state index in [0.29, 0.717) is 0 Å². The molecular weight excluding hydrogens is 290 g/mol. The van der Waals surface area contributed by atoms with Crippen LogP contribution in [0.15, 0.2) is 0 Å². The van der Waals surface area contributed by atoms with E-state index in [-0.39, 0.29) is 31.4 Å². The Morgan fingerprint density at radius 2 is 1.26 bits per heavy atom. The summed E-state index contributed by atoms with van der Waals surface area (Å²) in [6, 6.07) is 0. The zero-order valence-electron chi connectivity index (χ0n) is 10.9. The van der Waals surface area contributed by atoms with Crippen LogP contribution in [0, 0.1) is 0 Å². The van der Waals surface area contributed by atoms with Crippen molar-refractivity contribution in [2.45, 2.75) is 37.4 Å². The molecule has 0 radical (unpaired) electrons. The average molecular weight is 311 g/mol. The molecule has 2 aliphatic rings. The van der Waals surface area contributed by atoms with Crippen LogP contribution in [0.4, 0.5) is 0 Å². The molecule has 1 aliphatic carbocycles. The van der Waals surface area contributed by atoms with Gasteiger partial charge in [-0.3, -0.25) is 0 Å². The first-order valence-electron chi connectivity index (χ1n) is 6.58. The molecule has 1 saturated carbocycles. The van der Waals surface area contributed by atoms with Crippen LogP contribution in [0.25, 0.3) is 0 Å². The van der Waals surface area contributed by atoms with Gasteiger partial charge in [-0.2, -0.15) is 17.0 Å². The lowest BCUT2D eigenvalue weighted by molar-refractivity contribution is 0.268. The highest BCUT2D eigenvalue weighted by Gasteiger charge is 2.36. The second-order valence-corrected chi connectivity index (χ2v) is 8.91. The van der Waals surface area contributed by atoms with Gasteiger partial charge in [-0.05, 0) is 12.8 Å². The molecule has 1 saturated heterocycles. The van der Waals surface area contributed by atoms with Gasteiger partial charge in [0.15, 0.2) is 0 Å². The highest BCUT2D eigenvalue weighted by Crippen LogP contribution is 2.26. The molecule has 2 rings (SSSR count). The Bertz CT molecular complexity index is 503. The van der Waals surface area contributed by atoms with Crippen LogP contribution >= 0.6 is 0 Å². The zero-order chi connectivity index (χ0) is 14.1. The van der Waals surface area contributed by atoms with Crippen molar-refractivity contribution in [2.75, 3.05) is 26.2 Å². The average Bonchev–Trinajstić information content (AvgIpc) is 2.39. The summed E-state index contributed by atoms with van der Waals surface area (Å²) in [5, 5.41) is 4.75. The van der Waals surface area contributed by atoms with Gasteiger partial charge >= 0.3 is 0 Å². The smallest absolute Gasteiger partial charge is 0.216 e. The Balaban J connectivity index is 2.00. The zero-order valence-corrected chi connectivity index (χ0v) is 12.5. The second-order valence-electron chi connectivity index (χ2n) is 5.15. The largest absolute Gasteiger partial charge is 0.276 e. The predicted molar refractivity (Wildman–Crippen MR) is 72.0 cm³/mol. The van der Waals surface area contributed by atoms with Gasteiger partial charge in [-0.15, -0.1) is 0 Å². The quantitative estimate of drug-likeness (QED) is 0.757. The van der Waals surface area contributed by atoms with E-state index in [4.69, 9.17) is 5.14 Å². The standard InChI is InChI=1S/C10H21N3O4S2/c11-19(16,17)13-8-6-12(7-9-13)18(14,15)10-4-2-1-3-5-10/h10H,1-9H2,(H2,11,16,17). The van der Waals surface area contributed by atoms with Gasteiger partial charge < -0.3 is 0 Å². The SMILES string of the molecule is NS(=O)(=O)N1CCN(S(=O)(=O)C2CCCCC2)CC1. The minimum Gasteiger partial charge on any atom is -0.216 e. The third kappa shape index (κ3) is 3.46. The molecule has 0 aromatic rings. The van der Waals surface area contributed by atoms with Crippen LogP contribution in [-0.4, -0.2) is 56.9 Å². The van der Waals surface area contributed by atoms with E-state index in [0.717, 1.165) is 36.4 Å². The molecule has 0 unspecified atom stereocenters. The van der Waals surface area contributed by atoms with Crippen molar-refractivity contribution >= 4 is 20.2 Å². The lowest BCUT2D eigenvalue weighted by atomic mass is 10.0. The molecule has 19 heavy (non-hydrogen) atoms. The molecular formula is C10H21N3O4S2. The van der Waals surface area contributed by atoms with Crippen molar-refractivity contribution in [1.82, 2.24) is 8.61 Å². The van der Waals surface area contributed by atoms with Gasteiger partial charge in [0, 0.05) is 26.2 Å². The molecule has 0 spiro atoms. The number of piperazine rings is 1. The number of hydrogen-bond acceptors (Lipinski definition) is 4. The van der Waals surface area contributed by atoms with Gasteiger partial charge in [-0.25, -0.2) is 13.6 Å². The first-order chi connectivity index (χ1) is 8.82. The van der Waals surface area contributed by atoms with Crippen LogP contribution in [-0.2, 0) is 20.2 Å². The maximum Gasteiger partial charge on any atom is 0.276 e. The van der Waals surface area contributed by atoms with Gasteiger partial charge in [-0.1, -0.05) is 19.3 Å². The summed E-state index contributed by atoms with van der Waals surface area (Å²) in [5.41, 5.74) is 0. The van der Waals surface area contributed by atoms with E-state index in [1.165, 1.54) is 4.31 Å². The van der Waals surface area contributed by atoms with Gasteiger partial charge in [0.05, 0.1) is 5.25 Å². The van der Waals surface area contributed by atoms with Crippen molar-refractivity contribution in [1.29, 1.82) is 0 Å². The fourth-order valence-electron chi connectivity index (χ4n) is 2.75. The van der Waals surface area contributed by atoms with Crippen LogP contribution in [0.3, 0.4) is 0 Å². The van der Waals surface area contributed by atoms with Gasteiger partial charge in [0.1, 0.15) is 0 Å². The molecule has 1 aliphatic heterocycles. The number of sulfonamides is 1. The lowest BCUT2D eigenvalue weighted by Gasteiger charge is -2.35. The summed E-state index contributed by atoms with van der Waals surface area (Å²) in [6.07, 6.45) is 4.46. The van der Waals surface area contributed by atoms with Crippen molar-refractivity contribution in [2.24, 2.45) is 5.14 Å². The van der Waals surface area contributed by atoms with E-state index >= 15 is 0 Å². The maximum absolute atomic E-state index is 12.4. The van der Waals surface area contributed by atoms with E-state index in [9.17, 15) is 16.8 Å². The molecule has 2 fully saturated rings. The topological polar surface area (TPSA) is 101 Å². The fraction of sp³-hybridized carbons (Fsp3) is 1.00. The molecule has 0 atom stereocenters. The lowest BCUT2D eigenvalue weighted by Crippen LogP contribution is -2.54. The Hall–Kier alpha value is -0.220. The minimum absolute atomic E-state index is 0.144. The first-order valence-corrected chi connectivity index (χ1v) is 9.59. The molecule has 112 valence electrons. The highest BCUT2D eigenvalue weighted by molar-refractivity contribution is 7.89. The summed E-state index contributed by atoms with van der Waals surface area (Å²) in [7, 11) is -6.99. The Morgan fingerprint density at radius 3 is 1.74 bits per heavy atom. The van der Waals surface area contributed by atoms with Crippen molar-refractivity contribution in [3.8, 4) is 0 Å². The van der Waals surface area contributed by atoms with E-state index < -0.39 is 20.2 Å². The van der Waals surface area contributed by atoms with Crippen molar-refractivity contribution in [3.05, 3.63) is 0 Å². The van der Waals surface area contributed by atoms with Crippen molar-refractivity contribution < 1.29 is 16.8 Å². The second kappa shape index (κ2) is 5.65. The van der Waals surface area contributed by atoms with Crippen molar-refractivity contribution in [3.63, 3.8) is 0 Å². The van der Waals surface area contributed by atoms with Gasteiger partial charge in [0.25, 0.3) is 10.2 Å². The summed E-state index contributed by atoms with van der Waals surface area (Å²) >= 11 is 0. The van der Waals surface area contributed by atoms with E-state index in [2.05, 4.69) is 0 Å². The first kappa shape index (κ1) is 15.2. The molecule has 1 heterocycles. The van der Waals surface area contributed by atoms with Crippen LogP contribution < -0.4 is 5.14 Å². The number of nitrogens with two attached hydrogens (primary N) is 1. The van der Waals surface area contributed by atoms with Gasteiger partial charge in [0.2, 0.25) is 10.0 Å². The van der Waals surface area contributed by atoms with E-state index in [1.54, 1.807) is 0 Å². The summed E-state index contributed by atoms with van der Waals surface area (Å²) in [6.45, 7) is 0.695. The number of nitrogens with zero attached hydrogens (tertiary/aromatic N) is 2. The monoisotopic (exact) mass is 311 g/mol. The molecule has 7 nitrogen and oxygen atoms in total.